The molecule has 1 heterocycles. The number of aromatic nitrogens is 1. The lowest BCUT2D eigenvalue weighted by Gasteiger charge is -2.41. The van der Waals surface area contributed by atoms with Gasteiger partial charge in [-0.25, -0.2) is 18.1 Å². The number of halogens is 1. The van der Waals surface area contributed by atoms with Crippen molar-refractivity contribution in [2.45, 2.75) is 43.0 Å². The summed E-state index contributed by atoms with van der Waals surface area (Å²) in [5, 5.41) is 0.0191. The van der Waals surface area contributed by atoms with Crippen LogP contribution in [0.3, 0.4) is 0 Å². The van der Waals surface area contributed by atoms with Gasteiger partial charge in [0, 0.05) is 11.7 Å². The minimum absolute atomic E-state index is 0.0191. The summed E-state index contributed by atoms with van der Waals surface area (Å²) >= 11 is 5.81. The number of hydrogen-bond acceptors (Lipinski definition) is 3. The fraction of sp³-hybridized carbons (Fsp3) is 0.545. The predicted octanol–water partition coefficient (Wildman–Crippen LogP) is 2.35. The molecular formula is C11H15ClN2O2S. The van der Waals surface area contributed by atoms with E-state index in [1.165, 1.54) is 12.3 Å². The van der Waals surface area contributed by atoms with Crippen molar-refractivity contribution in [2.75, 3.05) is 0 Å². The van der Waals surface area contributed by atoms with Crippen LogP contribution >= 0.6 is 11.6 Å². The molecule has 0 aliphatic heterocycles. The maximum Gasteiger partial charge on any atom is 0.244 e. The summed E-state index contributed by atoms with van der Waals surface area (Å²) in [6.07, 6.45) is 5.11. The number of nitrogens with one attached hydrogen (secondary N) is 1. The van der Waals surface area contributed by atoms with Crippen LogP contribution in [0.5, 0.6) is 0 Å². The Morgan fingerprint density at radius 3 is 2.71 bits per heavy atom. The van der Waals surface area contributed by atoms with E-state index in [2.05, 4.69) is 9.71 Å². The molecule has 0 bridgehead atoms. The third kappa shape index (κ3) is 2.46. The molecule has 17 heavy (non-hydrogen) atoms. The molecule has 6 heteroatoms. The molecule has 1 N–H and O–H groups in total. The van der Waals surface area contributed by atoms with Gasteiger partial charge in [0.1, 0.15) is 10.0 Å². The van der Waals surface area contributed by atoms with E-state index >= 15 is 0 Å². The lowest BCUT2D eigenvalue weighted by molar-refractivity contribution is 0.214. The molecule has 0 radical (unpaired) electrons. The van der Waals surface area contributed by atoms with Crippen molar-refractivity contribution in [3.8, 4) is 0 Å². The highest BCUT2D eigenvalue weighted by Crippen LogP contribution is 2.36. The van der Waals surface area contributed by atoms with Crippen molar-refractivity contribution in [1.29, 1.82) is 0 Å². The van der Waals surface area contributed by atoms with Crippen LogP contribution in [-0.2, 0) is 10.0 Å². The van der Waals surface area contributed by atoms with Gasteiger partial charge in [-0.15, -0.1) is 0 Å². The van der Waals surface area contributed by atoms with Gasteiger partial charge in [-0.05, 0) is 37.8 Å². The Bertz CT molecular complexity index is 506. The van der Waals surface area contributed by atoms with E-state index < -0.39 is 10.0 Å². The van der Waals surface area contributed by atoms with Crippen molar-refractivity contribution in [3.05, 3.63) is 23.5 Å². The first-order valence-corrected chi connectivity index (χ1v) is 7.50. The lowest BCUT2D eigenvalue weighted by atomic mass is 9.76. The molecule has 1 fully saturated rings. The van der Waals surface area contributed by atoms with Crippen LogP contribution in [0.4, 0.5) is 0 Å². The average molecular weight is 275 g/mol. The fourth-order valence-corrected chi connectivity index (χ4v) is 4.03. The highest BCUT2D eigenvalue weighted by Gasteiger charge is 2.39. The predicted molar refractivity (Wildman–Crippen MR) is 66.4 cm³/mol. The Balaban J connectivity index is 2.29. The molecule has 0 aromatic carbocycles. The van der Waals surface area contributed by atoms with Gasteiger partial charge in [-0.1, -0.05) is 18.5 Å². The summed E-state index contributed by atoms with van der Waals surface area (Å²) in [5.41, 5.74) is -0.280. The van der Waals surface area contributed by atoms with E-state index in [0.717, 1.165) is 25.7 Å². The highest BCUT2D eigenvalue weighted by molar-refractivity contribution is 7.89. The zero-order valence-electron chi connectivity index (χ0n) is 9.61. The topological polar surface area (TPSA) is 59.1 Å². The van der Waals surface area contributed by atoms with Gasteiger partial charge in [0.25, 0.3) is 0 Å². The smallest absolute Gasteiger partial charge is 0.243 e. The van der Waals surface area contributed by atoms with Crippen LogP contribution in [0.1, 0.15) is 32.6 Å². The standard InChI is InChI=1S/C11H15ClN2O2S/c1-2-11(6-4-7-11)14-17(15,16)9-5-3-8-13-10(9)12/h3,5,8,14H,2,4,6-7H2,1H3. The molecule has 1 aliphatic rings. The molecule has 4 nitrogen and oxygen atoms in total. The fourth-order valence-electron chi connectivity index (χ4n) is 2.04. The van der Waals surface area contributed by atoms with Crippen molar-refractivity contribution in [1.82, 2.24) is 9.71 Å². The highest BCUT2D eigenvalue weighted by atomic mass is 35.5. The maximum atomic E-state index is 12.2. The zero-order chi connectivity index (χ0) is 12.5. The van der Waals surface area contributed by atoms with Crippen molar-refractivity contribution >= 4 is 21.6 Å². The summed E-state index contributed by atoms with van der Waals surface area (Å²) < 4.78 is 27.1. The lowest BCUT2D eigenvalue weighted by Crippen LogP contribution is -2.52. The van der Waals surface area contributed by atoms with Crippen LogP contribution in [0.15, 0.2) is 23.2 Å². The SMILES string of the molecule is CCC1(NS(=O)(=O)c2cccnc2Cl)CCC1. The first-order chi connectivity index (χ1) is 7.99. The van der Waals surface area contributed by atoms with E-state index in [1.54, 1.807) is 6.07 Å². The maximum absolute atomic E-state index is 12.2. The third-order valence-corrected chi connectivity index (χ3v) is 5.38. The number of pyridine rings is 1. The van der Waals surface area contributed by atoms with Crippen molar-refractivity contribution < 1.29 is 8.42 Å². The number of rotatable bonds is 4. The molecular weight excluding hydrogens is 260 g/mol. The van der Waals surface area contributed by atoms with Crippen molar-refractivity contribution in [2.24, 2.45) is 0 Å². The molecule has 1 aliphatic carbocycles. The van der Waals surface area contributed by atoms with Crippen LogP contribution in [-0.4, -0.2) is 18.9 Å². The molecule has 0 amide bonds. The molecule has 1 aromatic heterocycles. The van der Waals surface area contributed by atoms with Gasteiger partial charge in [0.15, 0.2) is 0 Å². The van der Waals surface area contributed by atoms with Gasteiger partial charge < -0.3 is 0 Å². The minimum atomic E-state index is -3.57. The Kier molecular flexibility index (Phi) is 3.43. The second kappa shape index (κ2) is 4.55. The Morgan fingerprint density at radius 1 is 1.53 bits per heavy atom. The van der Waals surface area contributed by atoms with E-state index in [1.807, 2.05) is 6.92 Å². The summed E-state index contributed by atoms with van der Waals surface area (Å²) in [6.45, 7) is 1.99. The number of hydrogen-bond donors (Lipinski definition) is 1. The Labute approximate surface area is 106 Å². The molecule has 2 rings (SSSR count). The van der Waals surface area contributed by atoms with E-state index in [-0.39, 0.29) is 15.6 Å². The normalized spacial score (nSPS) is 18.7. The molecule has 1 saturated carbocycles. The van der Waals surface area contributed by atoms with Gasteiger partial charge >= 0.3 is 0 Å². The van der Waals surface area contributed by atoms with Crippen LogP contribution in [0, 0.1) is 0 Å². The Morgan fingerprint density at radius 2 is 2.24 bits per heavy atom. The van der Waals surface area contributed by atoms with Gasteiger partial charge in [-0.3, -0.25) is 0 Å². The summed E-state index contributed by atoms with van der Waals surface area (Å²) in [6, 6.07) is 3.04. The van der Waals surface area contributed by atoms with E-state index in [9.17, 15) is 8.42 Å². The van der Waals surface area contributed by atoms with Crippen molar-refractivity contribution in [3.63, 3.8) is 0 Å². The van der Waals surface area contributed by atoms with Gasteiger partial charge in [0.2, 0.25) is 10.0 Å². The zero-order valence-corrected chi connectivity index (χ0v) is 11.2. The van der Waals surface area contributed by atoms with Crippen LogP contribution in [0.2, 0.25) is 5.15 Å². The minimum Gasteiger partial charge on any atom is -0.243 e. The Hall–Kier alpha value is -0.650. The average Bonchev–Trinajstić information content (AvgIpc) is 2.24. The van der Waals surface area contributed by atoms with Crippen LogP contribution in [0.25, 0.3) is 0 Å². The number of nitrogens with zero attached hydrogens (tertiary/aromatic N) is 1. The second-order valence-electron chi connectivity index (χ2n) is 4.39. The molecule has 0 spiro atoms. The van der Waals surface area contributed by atoms with Gasteiger partial charge in [-0.2, -0.15) is 0 Å². The first-order valence-electron chi connectivity index (χ1n) is 5.64. The summed E-state index contributed by atoms with van der Waals surface area (Å²) in [5.74, 6) is 0. The molecule has 1 aromatic rings. The monoisotopic (exact) mass is 274 g/mol. The first kappa shape index (κ1) is 12.8. The summed E-state index contributed by atoms with van der Waals surface area (Å²) in [7, 11) is -3.57. The van der Waals surface area contributed by atoms with Gasteiger partial charge in [0.05, 0.1) is 0 Å². The van der Waals surface area contributed by atoms with Crippen LogP contribution < -0.4 is 4.72 Å². The van der Waals surface area contributed by atoms with E-state index in [0.29, 0.717) is 0 Å². The number of sulfonamides is 1. The summed E-state index contributed by atoms with van der Waals surface area (Å²) in [4.78, 5) is 3.85. The largest absolute Gasteiger partial charge is 0.244 e. The molecule has 94 valence electrons. The second-order valence-corrected chi connectivity index (χ2v) is 6.39. The molecule has 0 saturated heterocycles. The third-order valence-electron chi connectivity index (χ3n) is 3.35. The molecule has 0 unspecified atom stereocenters. The molecule has 0 atom stereocenters. The van der Waals surface area contributed by atoms with E-state index in [4.69, 9.17) is 11.6 Å². The quantitative estimate of drug-likeness (QED) is 0.858.